The van der Waals surface area contributed by atoms with Crippen LogP contribution in [0.15, 0.2) is 24.3 Å². The lowest BCUT2D eigenvalue weighted by Gasteiger charge is -2.34. The van der Waals surface area contributed by atoms with Crippen LogP contribution in [0.2, 0.25) is 0 Å². The Kier molecular flexibility index (Phi) is 4.46. The molecule has 1 fully saturated rings. The molecule has 3 unspecified atom stereocenters. The van der Waals surface area contributed by atoms with E-state index in [1.807, 2.05) is 31.3 Å². The fourth-order valence-electron chi connectivity index (χ4n) is 2.83. The van der Waals surface area contributed by atoms with Gasteiger partial charge >= 0.3 is 0 Å². The molecule has 1 amide bonds. The minimum Gasteiger partial charge on any atom is -0.388 e. The highest BCUT2D eigenvalue weighted by atomic mass is 16.1. The van der Waals surface area contributed by atoms with E-state index in [1.165, 1.54) is 12.8 Å². The number of anilines is 1. The Balaban J connectivity index is 1.99. The van der Waals surface area contributed by atoms with Gasteiger partial charge in [0.1, 0.15) is 0 Å². The van der Waals surface area contributed by atoms with Gasteiger partial charge in [0, 0.05) is 24.3 Å². The lowest BCUT2D eigenvalue weighted by atomic mass is 9.78. The van der Waals surface area contributed by atoms with Crippen molar-refractivity contribution in [2.75, 3.05) is 12.4 Å². The normalized spacial score (nSPS) is 26.8. The molecule has 1 aromatic rings. The fraction of sp³-hybridized carbons (Fsp3) is 0.562. The third-order valence-corrected chi connectivity index (χ3v) is 4.46. The summed E-state index contributed by atoms with van der Waals surface area (Å²) in [5.74, 6) is 1.31. The molecule has 1 aliphatic carbocycles. The Bertz CT molecular complexity index is 427. The summed E-state index contributed by atoms with van der Waals surface area (Å²) in [5, 5.41) is 6.25. The maximum absolute atomic E-state index is 12.2. The number of rotatable bonds is 3. The van der Waals surface area contributed by atoms with E-state index in [4.69, 9.17) is 0 Å². The molecule has 1 aliphatic rings. The highest BCUT2D eigenvalue weighted by Gasteiger charge is 2.28. The number of amides is 1. The van der Waals surface area contributed by atoms with Crippen LogP contribution in [0.5, 0.6) is 0 Å². The molecule has 0 saturated heterocycles. The zero-order valence-electron chi connectivity index (χ0n) is 12.1. The topological polar surface area (TPSA) is 41.1 Å². The molecular formula is C16H24N2O. The summed E-state index contributed by atoms with van der Waals surface area (Å²) >= 11 is 0. The van der Waals surface area contributed by atoms with Gasteiger partial charge in [-0.1, -0.05) is 26.7 Å². The maximum Gasteiger partial charge on any atom is 0.251 e. The van der Waals surface area contributed by atoms with E-state index in [2.05, 4.69) is 24.5 Å². The van der Waals surface area contributed by atoms with Crippen molar-refractivity contribution in [2.24, 2.45) is 11.8 Å². The quantitative estimate of drug-likeness (QED) is 0.875. The Morgan fingerprint density at radius 2 is 1.84 bits per heavy atom. The fourth-order valence-corrected chi connectivity index (χ4v) is 2.83. The molecule has 0 bridgehead atoms. The van der Waals surface area contributed by atoms with Crippen molar-refractivity contribution in [1.29, 1.82) is 0 Å². The van der Waals surface area contributed by atoms with Crippen molar-refractivity contribution in [2.45, 2.75) is 39.2 Å². The number of carbonyl (C=O) groups is 1. The molecule has 0 aromatic heterocycles. The van der Waals surface area contributed by atoms with E-state index >= 15 is 0 Å². The first-order valence-corrected chi connectivity index (χ1v) is 7.20. The Hall–Kier alpha value is -1.51. The van der Waals surface area contributed by atoms with Crippen molar-refractivity contribution in [3.05, 3.63) is 29.8 Å². The molecule has 0 spiro atoms. The van der Waals surface area contributed by atoms with E-state index in [0.29, 0.717) is 17.9 Å². The number of hydrogen-bond acceptors (Lipinski definition) is 2. The summed E-state index contributed by atoms with van der Waals surface area (Å²) in [4.78, 5) is 12.2. The van der Waals surface area contributed by atoms with Crippen molar-refractivity contribution in [1.82, 2.24) is 5.32 Å². The van der Waals surface area contributed by atoms with Crippen LogP contribution in [0.3, 0.4) is 0 Å². The lowest BCUT2D eigenvalue weighted by molar-refractivity contribution is 0.0891. The van der Waals surface area contributed by atoms with Gasteiger partial charge in [-0.25, -0.2) is 0 Å². The molecule has 1 saturated carbocycles. The monoisotopic (exact) mass is 260 g/mol. The van der Waals surface area contributed by atoms with Gasteiger partial charge in [0.05, 0.1) is 0 Å². The number of hydrogen-bond donors (Lipinski definition) is 2. The highest BCUT2D eigenvalue weighted by Crippen LogP contribution is 2.29. The molecule has 3 nitrogen and oxygen atoms in total. The third-order valence-electron chi connectivity index (χ3n) is 4.46. The highest BCUT2D eigenvalue weighted by molar-refractivity contribution is 5.94. The second-order valence-electron chi connectivity index (χ2n) is 5.67. The summed E-state index contributed by atoms with van der Waals surface area (Å²) in [7, 11) is 1.88. The first-order chi connectivity index (χ1) is 9.11. The van der Waals surface area contributed by atoms with Crippen LogP contribution in [0, 0.1) is 11.8 Å². The summed E-state index contributed by atoms with van der Waals surface area (Å²) in [6, 6.07) is 7.93. The zero-order chi connectivity index (χ0) is 13.8. The summed E-state index contributed by atoms with van der Waals surface area (Å²) < 4.78 is 0. The second kappa shape index (κ2) is 6.09. The van der Waals surface area contributed by atoms with Crippen molar-refractivity contribution >= 4 is 11.6 Å². The van der Waals surface area contributed by atoms with Crippen molar-refractivity contribution in [3.63, 3.8) is 0 Å². The van der Waals surface area contributed by atoms with Crippen LogP contribution in [0.25, 0.3) is 0 Å². The Morgan fingerprint density at radius 3 is 2.47 bits per heavy atom. The first-order valence-electron chi connectivity index (χ1n) is 7.20. The largest absolute Gasteiger partial charge is 0.388 e. The Morgan fingerprint density at radius 1 is 1.16 bits per heavy atom. The summed E-state index contributed by atoms with van der Waals surface area (Å²) in [5.41, 5.74) is 1.76. The molecule has 0 radical (unpaired) electrons. The van der Waals surface area contributed by atoms with E-state index < -0.39 is 0 Å². The zero-order valence-corrected chi connectivity index (χ0v) is 12.1. The predicted molar refractivity (Wildman–Crippen MR) is 79.4 cm³/mol. The van der Waals surface area contributed by atoms with Crippen molar-refractivity contribution < 1.29 is 4.79 Å². The minimum atomic E-state index is 0.0496. The van der Waals surface area contributed by atoms with Crippen LogP contribution in [0.1, 0.15) is 43.5 Å². The number of nitrogens with one attached hydrogen (secondary N) is 2. The van der Waals surface area contributed by atoms with Gasteiger partial charge in [0.15, 0.2) is 0 Å². The van der Waals surface area contributed by atoms with E-state index in [0.717, 1.165) is 17.7 Å². The van der Waals surface area contributed by atoms with Crippen LogP contribution in [-0.2, 0) is 0 Å². The van der Waals surface area contributed by atoms with Gasteiger partial charge < -0.3 is 10.6 Å². The maximum atomic E-state index is 12.2. The van der Waals surface area contributed by atoms with Gasteiger partial charge in [-0.3, -0.25) is 4.79 Å². The Labute approximate surface area is 115 Å². The molecule has 0 aliphatic heterocycles. The molecule has 2 N–H and O–H groups in total. The molecule has 3 atom stereocenters. The molecule has 104 valence electrons. The predicted octanol–water partition coefficient (Wildman–Crippen LogP) is 3.28. The molecule has 19 heavy (non-hydrogen) atoms. The van der Waals surface area contributed by atoms with Crippen LogP contribution < -0.4 is 10.6 Å². The third kappa shape index (κ3) is 3.28. The first kappa shape index (κ1) is 13.9. The molecule has 2 rings (SSSR count). The summed E-state index contributed by atoms with van der Waals surface area (Å²) in [6.45, 7) is 4.53. The van der Waals surface area contributed by atoms with Crippen LogP contribution in [0.4, 0.5) is 5.69 Å². The van der Waals surface area contributed by atoms with E-state index in [1.54, 1.807) is 0 Å². The average Bonchev–Trinajstić information content (AvgIpc) is 2.44. The van der Waals surface area contributed by atoms with E-state index in [9.17, 15) is 4.79 Å². The molecule has 0 heterocycles. The van der Waals surface area contributed by atoms with Crippen molar-refractivity contribution in [3.8, 4) is 0 Å². The average molecular weight is 260 g/mol. The second-order valence-corrected chi connectivity index (χ2v) is 5.67. The smallest absolute Gasteiger partial charge is 0.251 e. The van der Waals surface area contributed by atoms with Gasteiger partial charge in [0.25, 0.3) is 5.91 Å². The number of carbonyl (C=O) groups excluding carboxylic acids is 1. The van der Waals surface area contributed by atoms with Crippen LogP contribution in [-0.4, -0.2) is 19.0 Å². The standard InChI is InChI=1S/C16H24N2O/c1-11-5-4-6-15(12(11)2)18-16(19)13-7-9-14(17-3)10-8-13/h7-12,15,17H,4-6H2,1-3H3,(H,18,19). The van der Waals surface area contributed by atoms with Crippen LogP contribution >= 0.6 is 0 Å². The van der Waals surface area contributed by atoms with Gasteiger partial charge in [-0.15, -0.1) is 0 Å². The molecular weight excluding hydrogens is 236 g/mol. The molecule has 3 heteroatoms. The van der Waals surface area contributed by atoms with Gasteiger partial charge in [-0.2, -0.15) is 0 Å². The van der Waals surface area contributed by atoms with Gasteiger partial charge in [0.2, 0.25) is 0 Å². The minimum absolute atomic E-state index is 0.0496. The summed E-state index contributed by atoms with van der Waals surface area (Å²) in [6.07, 6.45) is 3.60. The van der Waals surface area contributed by atoms with Gasteiger partial charge in [-0.05, 0) is 42.5 Å². The lowest BCUT2D eigenvalue weighted by Crippen LogP contribution is -2.43. The molecule has 1 aromatic carbocycles. The van der Waals surface area contributed by atoms with E-state index in [-0.39, 0.29) is 5.91 Å². The SMILES string of the molecule is CNc1ccc(C(=O)NC2CCCC(C)C2C)cc1. The number of benzene rings is 1.